The number of benzene rings is 2. The molecule has 0 aliphatic heterocycles. The van der Waals surface area contributed by atoms with Crippen LogP contribution in [0.1, 0.15) is 12.5 Å². The normalized spacial score (nSPS) is 10.1. The monoisotopic (exact) mass is 330 g/mol. The van der Waals surface area contributed by atoms with E-state index in [2.05, 4.69) is 5.32 Å². The van der Waals surface area contributed by atoms with Crippen molar-refractivity contribution in [2.24, 2.45) is 0 Å². The van der Waals surface area contributed by atoms with Gasteiger partial charge < -0.3 is 14.8 Å². The third-order valence-corrected chi connectivity index (χ3v) is 3.11. The Morgan fingerprint density at radius 1 is 1.17 bits per heavy atom. The Kier molecular flexibility index (Phi) is 5.73. The summed E-state index contributed by atoms with van der Waals surface area (Å²) >= 11 is 0. The number of anilines is 1. The zero-order chi connectivity index (χ0) is 17.5. The zero-order valence-corrected chi connectivity index (χ0v) is 13.4. The number of hydrogen-bond acceptors (Lipinski definition) is 5. The average molecular weight is 330 g/mol. The van der Waals surface area contributed by atoms with Crippen molar-refractivity contribution in [3.05, 3.63) is 58.1 Å². The molecule has 0 heterocycles. The summed E-state index contributed by atoms with van der Waals surface area (Å²) in [6.07, 6.45) is 0. The third-order valence-electron chi connectivity index (χ3n) is 3.11. The minimum atomic E-state index is -0.570. The van der Waals surface area contributed by atoms with Crippen LogP contribution in [0.15, 0.2) is 42.5 Å². The molecule has 0 bridgehead atoms. The number of rotatable bonds is 7. The van der Waals surface area contributed by atoms with Gasteiger partial charge in [-0.15, -0.1) is 0 Å². The van der Waals surface area contributed by atoms with Crippen molar-refractivity contribution < 1.29 is 19.2 Å². The van der Waals surface area contributed by atoms with E-state index in [9.17, 15) is 14.9 Å². The number of nitrogens with one attached hydrogen (secondary N) is 1. The molecule has 0 fully saturated rings. The molecule has 2 rings (SSSR count). The summed E-state index contributed by atoms with van der Waals surface area (Å²) in [7, 11) is 0. The van der Waals surface area contributed by atoms with Crippen molar-refractivity contribution in [1.29, 1.82) is 0 Å². The number of carbonyl (C=O) groups excluding carboxylic acids is 1. The maximum absolute atomic E-state index is 12.0. The van der Waals surface area contributed by atoms with Gasteiger partial charge in [-0.2, -0.15) is 0 Å². The molecular formula is C17H18N2O5. The minimum Gasteiger partial charge on any atom is -0.494 e. The second-order valence-corrected chi connectivity index (χ2v) is 5.02. The van der Waals surface area contributed by atoms with Crippen LogP contribution in [0.25, 0.3) is 0 Å². The second-order valence-electron chi connectivity index (χ2n) is 5.02. The molecule has 24 heavy (non-hydrogen) atoms. The van der Waals surface area contributed by atoms with Gasteiger partial charge in [-0.05, 0) is 43.7 Å². The lowest BCUT2D eigenvalue weighted by Gasteiger charge is -2.09. The molecule has 1 N–H and O–H groups in total. The van der Waals surface area contributed by atoms with E-state index in [1.807, 2.05) is 19.1 Å². The molecule has 0 radical (unpaired) electrons. The van der Waals surface area contributed by atoms with Crippen LogP contribution in [0.3, 0.4) is 0 Å². The van der Waals surface area contributed by atoms with E-state index in [-0.39, 0.29) is 18.0 Å². The third kappa shape index (κ3) is 4.70. The number of amides is 1. The van der Waals surface area contributed by atoms with Crippen molar-refractivity contribution in [2.45, 2.75) is 13.8 Å². The van der Waals surface area contributed by atoms with Crippen LogP contribution in [0.2, 0.25) is 0 Å². The van der Waals surface area contributed by atoms with Crippen LogP contribution < -0.4 is 14.8 Å². The number of carbonyl (C=O) groups is 1. The van der Waals surface area contributed by atoms with Crippen molar-refractivity contribution in [3.8, 4) is 11.5 Å². The summed E-state index contributed by atoms with van der Waals surface area (Å²) in [5, 5.41) is 13.6. The van der Waals surface area contributed by atoms with Gasteiger partial charge in [0, 0.05) is 0 Å². The first-order valence-corrected chi connectivity index (χ1v) is 7.40. The first kappa shape index (κ1) is 17.3. The van der Waals surface area contributed by atoms with E-state index in [1.165, 1.54) is 12.1 Å². The van der Waals surface area contributed by atoms with Gasteiger partial charge in [0.15, 0.2) is 6.61 Å². The van der Waals surface area contributed by atoms with Gasteiger partial charge in [0.05, 0.1) is 17.6 Å². The molecule has 2 aromatic rings. The fraction of sp³-hybridized carbons (Fsp3) is 0.235. The van der Waals surface area contributed by atoms with Crippen molar-refractivity contribution in [1.82, 2.24) is 0 Å². The lowest BCUT2D eigenvalue weighted by molar-refractivity contribution is -0.384. The fourth-order valence-electron chi connectivity index (χ4n) is 2.06. The lowest BCUT2D eigenvalue weighted by Crippen LogP contribution is -2.20. The van der Waals surface area contributed by atoms with Crippen LogP contribution in [0, 0.1) is 17.0 Å². The first-order valence-electron chi connectivity index (χ1n) is 7.40. The minimum absolute atomic E-state index is 0.0984. The summed E-state index contributed by atoms with van der Waals surface area (Å²) in [5.41, 5.74) is 0.876. The summed E-state index contributed by atoms with van der Waals surface area (Å²) in [4.78, 5) is 22.5. The lowest BCUT2D eigenvalue weighted by atomic mass is 10.2. The Morgan fingerprint density at radius 2 is 1.92 bits per heavy atom. The van der Waals surface area contributed by atoms with Gasteiger partial charge >= 0.3 is 0 Å². The smallest absolute Gasteiger partial charge is 0.296 e. The van der Waals surface area contributed by atoms with E-state index in [0.717, 1.165) is 5.56 Å². The fourth-order valence-corrected chi connectivity index (χ4v) is 2.06. The quantitative estimate of drug-likeness (QED) is 0.621. The Hall–Kier alpha value is -3.09. The molecule has 7 heteroatoms. The van der Waals surface area contributed by atoms with Crippen LogP contribution in [-0.2, 0) is 4.79 Å². The number of nitro benzene ring substituents is 1. The van der Waals surface area contributed by atoms with Crippen molar-refractivity contribution >= 4 is 17.3 Å². The van der Waals surface area contributed by atoms with Gasteiger partial charge in [0.2, 0.25) is 0 Å². The Labute approximate surface area is 139 Å². The highest BCUT2D eigenvalue weighted by molar-refractivity contribution is 5.94. The van der Waals surface area contributed by atoms with E-state index < -0.39 is 10.8 Å². The maximum atomic E-state index is 12.0. The molecule has 126 valence electrons. The maximum Gasteiger partial charge on any atom is 0.296 e. The topological polar surface area (TPSA) is 90.7 Å². The standard InChI is InChI=1S/C17H18N2O5/c1-3-23-14-7-8-15(16(10-14)19(21)22)18-17(20)11-24-13-6-4-5-12(2)9-13/h4-10H,3,11H2,1-2H3,(H,18,20). The molecular weight excluding hydrogens is 312 g/mol. The Morgan fingerprint density at radius 3 is 2.58 bits per heavy atom. The predicted octanol–water partition coefficient (Wildman–Crippen LogP) is 3.32. The second kappa shape index (κ2) is 7.96. The van der Waals surface area contributed by atoms with Crippen LogP contribution in [0.4, 0.5) is 11.4 Å². The van der Waals surface area contributed by atoms with Crippen LogP contribution in [0.5, 0.6) is 11.5 Å². The van der Waals surface area contributed by atoms with Gasteiger partial charge in [-0.25, -0.2) is 0 Å². The van der Waals surface area contributed by atoms with Gasteiger partial charge in [-0.1, -0.05) is 12.1 Å². The molecule has 0 aliphatic carbocycles. The Bertz CT molecular complexity index is 746. The molecule has 0 spiro atoms. The molecule has 2 aromatic carbocycles. The number of hydrogen-bond donors (Lipinski definition) is 1. The van der Waals surface area contributed by atoms with Crippen LogP contribution in [-0.4, -0.2) is 24.0 Å². The molecule has 1 amide bonds. The highest BCUT2D eigenvalue weighted by Gasteiger charge is 2.17. The number of aryl methyl sites for hydroxylation is 1. The summed E-state index contributed by atoms with van der Waals surface area (Å²) in [6, 6.07) is 11.5. The van der Waals surface area contributed by atoms with Crippen LogP contribution >= 0.6 is 0 Å². The highest BCUT2D eigenvalue weighted by atomic mass is 16.6. The van der Waals surface area contributed by atoms with E-state index in [0.29, 0.717) is 18.1 Å². The largest absolute Gasteiger partial charge is 0.494 e. The molecule has 0 saturated heterocycles. The van der Waals surface area contributed by atoms with Gasteiger partial charge in [0.1, 0.15) is 17.2 Å². The highest BCUT2D eigenvalue weighted by Crippen LogP contribution is 2.29. The number of nitro groups is 1. The number of nitrogens with zero attached hydrogens (tertiary/aromatic N) is 1. The average Bonchev–Trinajstić information content (AvgIpc) is 2.54. The van der Waals surface area contributed by atoms with Gasteiger partial charge in [-0.3, -0.25) is 14.9 Å². The predicted molar refractivity (Wildman–Crippen MR) is 89.6 cm³/mol. The molecule has 0 atom stereocenters. The number of ether oxygens (including phenoxy) is 2. The van der Waals surface area contributed by atoms with E-state index in [4.69, 9.17) is 9.47 Å². The van der Waals surface area contributed by atoms with E-state index in [1.54, 1.807) is 25.1 Å². The molecule has 0 aromatic heterocycles. The molecule has 0 unspecified atom stereocenters. The summed E-state index contributed by atoms with van der Waals surface area (Å²) in [5.74, 6) is 0.452. The SMILES string of the molecule is CCOc1ccc(NC(=O)COc2cccc(C)c2)c([N+](=O)[O-])c1. The van der Waals surface area contributed by atoms with E-state index >= 15 is 0 Å². The van der Waals surface area contributed by atoms with Crippen molar-refractivity contribution in [2.75, 3.05) is 18.5 Å². The summed E-state index contributed by atoms with van der Waals surface area (Å²) < 4.78 is 10.6. The van der Waals surface area contributed by atoms with Crippen molar-refractivity contribution in [3.63, 3.8) is 0 Å². The molecule has 7 nitrogen and oxygen atoms in total. The zero-order valence-electron chi connectivity index (χ0n) is 13.4. The molecule has 0 aliphatic rings. The Balaban J connectivity index is 2.04. The first-order chi connectivity index (χ1) is 11.5. The van der Waals surface area contributed by atoms with Gasteiger partial charge in [0.25, 0.3) is 11.6 Å². The summed E-state index contributed by atoms with van der Waals surface area (Å²) in [6.45, 7) is 3.85. The molecule has 0 saturated carbocycles.